The third kappa shape index (κ3) is 7.77. The van der Waals surface area contributed by atoms with Crippen LogP contribution in [0.5, 0.6) is 0 Å². The molecule has 0 unspecified atom stereocenters. The summed E-state index contributed by atoms with van der Waals surface area (Å²) in [6.07, 6.45) is 13.1. The predicted molar refractivity (Wildman–Crippen MR) is 78.1 cm³/mol. The van der Waals surface area contributed by atoms with Crippen molar-refractivity contribution in [1.29, 1.82) is 0 Å². The molecule has 0 aliphatic heterocycles. The van der Waals surface area contributed by atoms with Crippen molar-refractivity contribution in [2.24, 2.45) is 11.5 Å². The van der Waals surface area contributed by atoms with Gasteiger partial charge in [-0.05, 0) is 39.5 Å². The van der Waals surface area contributed by atoms with E-state index in [0.29, 0.717) is 0 Å². The standard InChI is InChI=1S/2C7H15N.CH4/c2*1-7(8)5-3-2-4-6-7;/h2*2-6,8H2,1H3;1H4. The number of hydrogen-bond donors (Lipinski definition) is 2. The van der Waals surface area contributed by atoms with Crippen LogP contribution in [0, 0.1) is 0 Å². The zero-order valence-corrected chi connectivity index (χ0v) is 11.2. The normalized spacial score (nSPS) is 26.1. The Bertz CT molecular complexity index is 159. The van der Waals surface area contributed by atoms with Crippen LogP contribution in [-0.4, -0.2) is 11.1 Å². The van der Waals surface area contributed by atoms with Crippen molar-refractivity contribution in [1.82, 2.24) is 0 Å². The molecule has 2 saturated carbocycles. The maximum Gasteiger partial charge on any atom is 0.0125 e. The Morgan fingerprint density at radius 2 is 0.824 bits per heavy atom. The number of rotatable bonds is 0. The van der Waals surface area contributed by atoms with Crippen LogP contribution in [0.2, 0.25) is 0 Å². The highest BCUT2D eigenvalue weighted by molar-refractivity contribution is 4.82. The van der Waals surface area contributed by atoms with Crippen LogP contribution in [-0.2, 0) is 0 Å². The molecule has 2 fully saturated rings. The summed E-state index contributed by atoms with van der Waals surface area (Å²) in [5, 5.41) is 0. The molecule has 0 bridgehead atoms. The minimum atomic E-state index is 0. The maximum absolute atomic E-state index is 5.88. The molecule has 17 heavy (non-hydrogen) atoms. The monoisotopic (exact) mass is 242 g/mol. The van der Waals surface area contributed by atoms with Crippen molar-refractivity contribution in [3.8, 4) is 0 Å². The SMILES string of the molecule is C.CC1(N)CCCCC1.CC1(N)CCCCC1. The fourth-order valence-electron chi connectivity index (χ4n) is 2.72. The van der Waals surface area contributed by atoms with Crippen molar-refractivity contribution in [2.75, 3.05) is 0 Å². The molecule has 0 aromatic rings. The average molecular weight is 242 g/mol. The quantitative estimate of drug-likeness (QED) is 0.675. The molecule has 0 atom stereocenters. The third-order valence-electron chi connectivity index (χ3n) is 3.99. The first-order valence-electron chi connectivity index (χ1n) is 6.99. The lowest BCUT2D eigenvalue weighted by Gasteiger charge is -2.28. The summed E-state index contributed by atoms with van der Waals surface area (Å²) in [4.78, 5) is 0. The van der Waals surface area contributed by atoms with E-state index in [4.69, 9.17) is 11.5 Å². The van der Waals surface area contributed by atoms with Crippen LogP contribution in [0.4, 0.5) is 0 Å². The van der Waals surface area contributed by atoms with Gasteiger partial charge in [0.15, 0.2) is 0 Å². The minimum Gasteiger partial charge on any atom is -0.325 e. The molecule has 0 aromatic heterocycles. The Balaban J connectivity index is 0.000000284. The second-order valence-electron chi connectivity index (χ2n) is 6.43. The van der Waals surface area contributed by atoms with Gasteiger partial charge in [-0.1, -0.05) is 46.0 Å². The zero-order chi connectivity index (χ0) is 12.1. The summed E-state index contributed by atoms with van der Waals surface area (Å²) in [6, 6.07) is 0. The Morgan fingerprint density at radius 1 is 0.588 bits per heavy atom. The van der Waals surface area contributed by atoms with Crippen LogP contribution >= 0.6 is 0 Å². The van der Waals surface area contributed by atoms with Crippen molar-refractivity contribution in [2.45, 2.75) is 96.6 Å². The van der Waals surface area contributed by atoms with Gasteiger partial charge >= 0.3 is 0 Å². The van der Waals surface area contributed by atoms with Crippen molar-refractivity contribution in [3.05, 3.63) is 0 Å². The molecule has 2 nitrogen and oxygen atoms in total. The molecule has 0 aromatic carbocycles. The van der Waals surface area contributed by atoms with E-state index < -0.39 is 0 Å². The fourth-order valence-corrected chi connectivity index (χ4v) is 2.72. The van der Waals surface area contributed by atoms with Gasteiger partial charge < -0.3 is 11.5 Å². The first-order chi connectivity index (χ1) is 7.41. The van der Waals surface area contributed by atoms with Gasteiger partial charge in [0.05, 0.1) is 0 Å². The molecule has 0 saturated heterocycles. The Hall–Kier alpha value is -0.0800. The van der Waals surface area contributed by atoms with E-state index in [1.807, 2.05) is 0 Å². The lowest BCUT2D eigenvalue weighted by Crippen LogP contribution is -2.37. The highest BCUT2D eigenvalue weighted by Crippen LogP contribution is 2.25. The van der Waals surface area contributed by atoms with E-state index in [1.165, 1.54) is 64.2 Å². The molecule has 2 rings (SSSR count). The van der Waals surface area contributed by atoms with E-state index >= 15 is 0 Å². The lowest BCUT2D eigenvalue weighted by molar-refractivity contribution is 0.322. The first kappa shape index (κ1) is 16.9. The van der Waals surface area contributed by atoms with Gasteiger partial charge in [0, 0.05) is 11.1 Å². The summed E-state index contributed by atoms with van der Waals surface area (Å²) < 4.78 is 0. The van der Waals surface area contributed by atoms with Crippen molar-refractivity contribution >= 4 is 0 Å². The Kier molecular flexibility index (Phi) is 7.34. The van der Waals surface area contributed by atoms with Gasteiger partial charge in [0.2, 0.25) is 0 Å². The molecule has 2 aliphatic rings. The lowest BCUT2D eigenvalue weighted by atomic mass is 9.84. The average Bonchev–Trinajstić information content (AvgIpc) is 2.17. The summed E-state index contributed by atoms with van der Waals surface area (Å²) in [5.41, 5.74) is 12.1. The molecule has 4 N–H and O–H groups in total. The summed E-state index contributed by atoms with van der Waals surface area (Å²) >= 11 is 0. The number of hydrogen-bond acceptors (Lipinski definition) is 2. The van der Waals surface area contributed by atoms with Crippen LogP contribution in [0.25, 0.3) is 0 Å². The highest BCUT2D eigenvalue weighted by Gasteiger charge is 2.21. The van der Waals surface area contributed by atoms with Crippen molar-refractivity contribution in [3.63, 3.8) is 0 Å². The smallest absolute Gasteiger partial charge is 0.0125 e. The Morgan fingerprint density at radius 3 is 0.941 bits per heavy atom. The topological polar surface area (TPSA) is 52.0 Å². The molecular formula is C15H34N2. The third-order valence-corrected chi connectivity index (χ3v) is 3.99. The molecule has 0 radical (unpaired) electrons. The minimum absolute atomic E-state index is 0. The van der Waals surface area contributed by atoms with E-state index in [1.54, 1.807) is 0 Å². The van der Waals surface area contributed by atoms with Crippen LogP contribution in [0.15, 0.2) is 0 Å². The predicted octanol–water partition coefficient (Wildman–Crippen LogP) is 3.97. The Labute approximate surface area is 109 Å². The molecule has 0 heterocycles. The number of nitrogens with two attached hydrogens (primary N) is 2. The van der Waals surface area contributed by atoms with Gasteiger partial charge in [-0.3, -0.25) is 0 Å². The van der Waals surface area contributed by atoms with E-state index in [9.17, 15) is 0 Å². The molecule has 2 aliphatic carbocycles. The zero-order valence-electron chi connectivity index (χ0n) is 11.2. The van der Waals surface area contributed by atoms with Crippen LogP contribution in [0.1, 0.15) is 85.5 Å². The van der Waals surface area contributed by atoms with Crippen LogP contribution < -0.4 is 11.5 Å². The molecule has 0 spiro atoms. The van der Waals surface area contributed by atoms with Crippen LogP contribution in [0.3, 0.4) is 0 Å². The summed E-state index contributed by atoms with van der Waals surface area (Å²) in [6.45, 7) is 4.32. The van der Waals surface area contributed by atoms with E-state index in [0.717, 1.165) is 0 Å². The molecule has 104 valence electrons. The largest absolute Gasteiger partial charge is 0.325 e. The molecular weight excluding hydrogens is 208 g/mol. The van der Waals surface area contributed by atoms with E-state index in [-0.39, 0.29) is 18.5 Å². The van der Waals surface area contributed by atoms with Gasteiger partial charge in [-0.2, -0.15) is 0 Å². The fraction of sp³-hybridized carbons (Fsp3) is 1.00. The second kappa shape index (κ2) is 7.38. The van der Waals surface area contributed by atoms with Gasteiger partial charge in [-0.25, -0.2) is 0 Å². The highest BCUT2D eigenvalue weighted by atomic mass is 14.7. The van der Waals surface area contributed by atoms with Gasteiger partial charge in [0.1, 0.15) is 0 Å². The molecule has 0 amide bonds. The second-order valence-corrected chi connectivity index (χ2v) is 6.43. The summed E-state index contributed by atoms with van der Waals surface area (Å²) in [5.74, 6) is 0. The first-order valence-corrected chi connectivity index (χ1v) is 6.99. The van der Waals surface area contributed by atoms with Crippen molar-refractivity contribution < 1.29 is 0 Å². The van der Waals surface area contributed by atoms with Gasteiger partial charge in [-0.15, -0.1) is 0 Å². The van der Waals surface area contributed by atoms with Gasteiger partial charge in [0.25, 0.3) is 0 Å². The maximum atomic E-state index is 5.88. The summed E-state index contributed by atoms with van der Waals surface area (Å²) in [7, 11) is 0. The molecule has 2 heteroatoms. The van der Waals surface area contributed by atoms with E-state index in [2.05, 4.69) is 13.8 Å².